The summed E-state index contributed by atoms with van der Waals surface area (Å²) in [5.74, 6) is 1.04. The van der Waals surface area contributed by atoms with Gasteiger partial charge in [-0.3, -0.25) is 0 Å². The van der Waals surface area contributed by atoms with Gasteiger partial charge in [0.25, 0.3) is 0 Å². The average molecular weight is 190 g/mol. The Morgan fingerprint density at radius 1 is 1.50 bits per heavy atom. The highest BCUT2D eigenvalue weighted by Gasteiger charge is 2.12. The second kappa shape index (κ2) is 3.29. The van der Waals surface area contributed by atoms with Gasteiger partial charge in [-0.05, 0) is 17.9 Å². The lowest BCUT2D eigenvalue weighted by Crippen LogP contribution is -1.95. The number of anilines is 1. The Morgan fingerprint density at radius 3 is 3.00 bits per heavy atom. The number of aromatic amines is 1. The Bertz CT molecular complexity index is 446. The summed E-state index contributed by atoms with van der Waals surface area (Å²) >= 11 is 0. The van der Waals surface area contributed by atoms with Gasteiger partial charge in [-0.25, -0.2) is 9.97 Å². The summed E-state index contributed by atoms with van der Waals surface area (Å²) in [7, 11) is 0. The summed E-state index contributed by atoms with van der Waals surface area (Å²) in [5, 5.41) is 0.974. The van der Waals surface area contributed by atoms with Crippen LogP contribution in [0.2, 0.25) is 0 Å². The predicted octanol–water partition coefficient (Wildman–Crippen LogP) is 2.05. The monoisotopic (exact) mass is 190 g/mol. The molecule has 1 atom stereocenters. The van der Waals surface area contributed by atoms with E-state index in [0.717, 1.165) is 17.5 Å². The Morgan fingerprint density at radius 2 is 2.29 bits per heavy atom. The smallest absolute Gasteiger partial charge is 0.143 e. The molecule has 74 valence electrons. The number of nitrogens with one attached hydrogen (secondary N) is 1. The van der Waals surface area contributed by atoms with E-state index < -0.39 is 0 Å². The Balaban J connectivity index is 2.67. The molecule has 0 saturated heterocycles. The molecule has 0 amide bonds. The van der Waals surface area contributed by atoms with Crippen molar-refractivity contribution >= 4 is 16.9 Å². The molecule has 0 bridgehead atoms. The molecule has 0 aliphatic heterocycles. The van der Waals surface area contributed by atoms with E-state index in [1.54, 1.807) is 0 Å². The molecule has 1 unspecified atom stereocenters. The van der Waals surface area contributed by atoms with E-state index in [9.17, 15) is 0 Å². The number of H-pyrrole nitrogens is 1. The van der Waals surface area contributed by atoms with Crippen LogP contribution >= 0.6 is 0 Å². The van der Waals surface area contributed by atoms with Crippen LogP contribution in [0.1, 0.15) is 31.7 Å². The summed E-state index contributed by atoms with van der Waals surface area (Å²) in [6.07, 6.45) is 4.54. The minimum absolute atomic E-state index is 0.483. The van der Waals surface area contributed by atoms with Gasteiger partial charge in [0.15, 0.2) is 0 Å². The number of nitrogens with zero attached hydrogens (tertiary/aromatic N) is 2. The number of fused-ring (bicyclic) bond motifs is 1. The molecule has 0 aliphatic carbocycles. The predicted molar refractivity (Wildman–Crippen MR) is 57.0 cm³/mol. The lowest BCUT2D eigenvalue weighted by atomic mass is 9.99. The molecule has 0 spiro atoms. The van der Waals surface area contributed by atoms with Crippen molar-refractivity contribution in [3.8, 4) is 0 Å². The normalized spacial score (nSPS) is 13.3. The molecule has 0 aromatic carbocycles. The molecule has 0 radical (unpaired) electrons. The van der Waals surface area contributed by atoms with Crippen molar-refractivity contribution in [2.45, 2.75) is 26.2 Å². The van der Waals surface area contributed by atoms with Crippen molar-refractivity contribution in [2.24, 2.45) is 0 Å². The van der Waals surface area contributed by atoms with Crippen molar-refractivity contribution in [1.29, 1.82) is 0 Å². The first kappa shape index (κ1) is 8.99. The third kappa shape index (κ3) is 1.23. The molecule has 3 N–H and O–H groups in total. The minimum atomic E-state index is 0.483. The molecule has 2 heterocycles. The molecular weight excluding hydrogens is 176 g/mol. The first-order valence-corrected chi connectivity index (χ1v) is 4.81. The zero-order valence-electron chi connectivity index (χ0n) is 8.41. The average Bonchev–Trinajstić information content (AvgIpc) is 2.62. The molecule has 2 aromatic heterocycles. The first-order valence-electron chi connectivity index (χ1n) is 4.81. The van der Waals surface area contributed by atoms with Crippen LogP contribution < -0.4 is 5.73 Å². The molecular formula is C10H14N4. The van der Waals surface area contributed by atoms with Crippen LogP contribution in [0.4, 0.5) is 5.82 Å². The summed E-state index contributed by atoms with van der Waals surface area (Å²) in [6.45, 7) is 4.33. The number of nitrogens with two attached hydrogens (primary N) is 1. The lowest BCUT2D eigenvalue weighted by molar-refractivity contribution is 0.739. The quantitative estimate of drug-likeness (QED) is 0.761. The maximum atomic E-state index is 5.82. The van der Waals surface area contributed by atoms with Gasteiger partial charge in [-0.1, -0.05) is 13.8 Å². The van der Waals surface area contributed by atoms with Crippen LogP contribution in [-0.4, -0.2) is 15.0 Å². The van der Waals surface area contributed by atoms with Crippen LogP contribution in [0.15, 0.2) is 12.5 Å². The highest BCUT2D eigenvalue weighted by atomic mass is 15.0. The fourth-order valence-corrected chi connectivity index (χ4v) is 1.62. The van der Waals surface area contributed by atoms with Crippen LogP contribution in [-0.2, 0) is 0 Å². The van der Waals surface area contributed by atoms with Gasteiger partial charge in [0, 0.05) is 6.20 Å². The van der Waals surface area contributed by atoms with Crippen molar-refractivity contribution in [3.05, 3.63) is 18.1 Å². The SMILES string of the molecule is CCC(C)c1c[nH]c2ncnc(N)c12. The standard InChI is InChI=1S/C10H14N4/c1-3-6(2)7-4-12-10-8(7)9(11)13-5-14-10/h4-6H,3H2,1-2H3,(H3,11,12,13,14). The maximum Gasteiger partial charge on any atom is 0.143 e. The molecule has 0 fully saturated rings. The minimum Gasteiger partial charge on any atom is -0.383 e. The topological polar surface area (TPSA) is 67.6 Å². The maximum absolute atomic E-state index is 5.82. The fraction of sp³-hybridized carbons (Fsp3) is 0.400. The zero-order valence-corrected chi connectivity index (χ0v) is 8.41. The van der Waals surface area contributed by atoms with Gasteiger partial charge in [-0.15, -0.1) is 0 Å². The second-order valence-corrected chi connectivity index (χ2v) is 3.54. The molecule has 0 aliphatic rings. The molecule has 14 heavy (non-hydrogen) atoms. The van der Waals surface area contributed by atoms with Gasteiger partial charge in [0.05, 0.1) is 5.39 Å². The van der Waals surface area contributed by atoms with E-state index in [-0.39, 0.29) is 0 Å². The fourth-order valence-electron chi connectivity index (χ4n) is 1.62. The highest BCUT2D eigenvalue weighted by Crippen LogP contribution is 2.28. The van der Waals surface area contributed by atoms with Crippen molar-refractivity contribution in [1.82, 2.24) is 15.0 Å². The van der Waals surface area contributed by atoms with Gasteiger partial charge in [0.2, 0.25) is 0 Å². The number of rotatable bonds is 2. The van der Waals surface area contributed by atoms with E-state index in [1.165, 1.54) is 11.9 Å². The zero-order chi connectivity index (χ0) is 10.1. The van der Waals surface area contributed by atoms with Crippen LogP contribution in [0, 0.1) is 0 Å². The number of hydrogen-bond donors (Lipinski definition) is 2. The molecule has 0 saturated carbocycles. The molecule has 2 rings (SSSR count). The number of hydrogen-bond acceptors (Lipinski definition) is 3. The summed E-state index contributed by atoms with van der Waals surface area (Å²) in [6, 6.07) is 0. The lowest BCUT2D eigenvalue weighted by Gasteiger charge is -2.06. The summed E-state index contributed by atoms with van der Waals surface area (Å²) in [4.78, 5) is 11.2. The molecule has 4 nitrogen and oxygen atoms in total. The van der Waals surface area contributed by atoms with E-state index in [2.05, 4.69) is 28.8 Å². The third-order valence-electron chi connectivity index (χ3n) is 2.67. The van der Waals surface area contributed by atoms with E-state index >= 15 is 0 Å². The Kier molecular flexibility index (Phi) is 2.11. The second-order valence-electron chi connectivity index (χ2n) is 3.54. The molecule has 2 aromatic rings. The van der Waals surface area contributed by atoms with E-state index in [1.807, 2.05) is 6.20 Å². The van der Waals surface area contributed by atoms with Crippen LogP contribution in [0.3, 0.4) is 0 Å². The van der Waals surface area contributed by atoms with Gasteiger partial charge in [-0.2, -0.15) is 0 Å². The van der Waals surface area contributed by atoms with E-state index in [4.69, 9.17) is 5.73 Å². The van der Waals surface area contributed by atoms with Gasteiger partial charge in [0.1, 0.15) is 17.8 Å². The highest BCUT2D eigenvalue weighted by molar-refractivity contribution is 5.89. The Hall–Kier alpha value is -1.58. The van der Waals surface area contributed by atoms with Gasteiger partial charge < -0.3 is 10.7 Å². The number of aromatic nitrogens is 3. The molecule has 4 heteroatoms. The van der Waals surface area contributed by atoms with Crippen LogP contribution in [0.25, 0.3) is 11.0 Å². The van der Waals surface area contributed by atoms with Gasteiger partial charge >= 0.3 is 0 Å². The number of nitrogen functional groups attached to an aromatic ring is 1. The van der Waals surface area contributed by atoms with E-state index in [0.29, 0.717) is 11.7 Å². The van der Waals surface area contributed by atoms with Crippen molar-refractivity contribution < 1.29 is 0 Å². The van der Waals surface area contributed by atoms with Crippen molar-refractivity contribution in [2.75, 3.05) is 5.73 Å². The third-order valence-corrected chi connectivity index (χ3v) is 2.67. The van der Waals surface area contributed by atoms with Crippen LogP contribution in [0.5, 0.6) is 0 Å². The first-order chi connectivity index (χ1) is 6.74. The summed E-state index contributed by atoms with van der Waals surface area (Å²) in [5.41, 5.74) is 7.86. The Labute approximate surface area is 82.6 Å². The summed E-state index contributed by atoms with van der Waals surface area (Å²) < 4.78 is 0. The largest absolute Gasteiger partial charge is 0.383 e. The van der Waals surface area contributed by atoms with Crippen molar-refractivity contribution in [3.63, 3.8) is 0 Å².